The van der Waals surface area contributed by atoms with Crippen LogP contribution in [0.25, 0.3) is 0 Å². The van der Waals surface area contributed by atoms with Crippen LogP contribution in [0.5, 0.6) is 0 Å². The topological polar surface area (TPSA) is 71.0 Å². The van der Waals surface area contributed by atoms with E-state index in [0.29, 0.717) is 26.3 Å². The fourth-order valence-corrected chi connectivity index (χ4v) is 0.919. The maximum atomic E-state index is 9.19. The Kier molecular flexibility index (Phi) is 8.27. The Balaban J connectivity index is 3.23. The summed E-state index contributed by atoms with van der Waals surface area (Å²) in [5.74, 6) is 0. The maximum Gasteiger partial charge on any atom is 0.0897 e. The van der Waals surface area contributed by atoms with E-state index in [1.165, 1.54) is 14.2 Å². The van der Waals surface area contributed by atoms with Gasteiger partial charge in [0.05, 0.1) is 25.4 Å². The summed E-state index contributed by atoms with van der Waals surface area (Å²) in [4.78, 5) is 0. The molecule has 0 aliphatic rings. The van der Waals surface area contributed by atoms with Gasteiger partial charge in [0.25, 0.3) is 0 Å². The normalized spacial score (nSPS) is 15.7. The Hall–Kier alpha value is -0.200. The Morgan fingerprint density at radius 3 is 1.69 bits per heavy atom. The molecule has 0 amide bonds. The summed E-state index contributed by atoms with van der Waals surface area (Å²) in [5, 5.41) is 21.3. The lowest BCUT2D eigenvalue weighted by atomic mass is 10.3. The van der Waals surface area contributed by atoms with Crippen molar-refractivity contribution in [2.45, 2.75) is 12.2 Å². The van der Waals surface area contributed by atoms with Crippen molar-refractivity contribution in [3.05, 3.63) is 0 Å². The van der Waals surface area contributed by atoms with E-state index in [2.05, 4.69) is 5.32 Å². The van der Waals surface area contributed by atoms with Crippen molar-refractivity contribution < 1.29 is 19.7 Å². The lowest BCUT2D eigenvalue weighted by molar-refractivity contribution is 0.0485. The largest absolute Gasteiger partial charge is 0.389 e. The molecule has 5 heteroatoms. The molecule has 0 rings (SSSR count). The van der Waals surface area contributed by atoms with Crippen LogP contribution in [0.4, 0.5) is 0 Å². The van der Waals surface area contributed by atoms with Crippen LogP contribution in [-0.4, -0.2) is 62.9 Å². The minimum atomic E-state index is -0.528. The predicted octanol–water partition coefficient (Wildman–Crippen LogP) is -1.41. The first-order valence-corrected chi connectivity index (χ1v) is 4.25. The second-order valence-corrected chi connectivity index (χ2v) is 2.88. The highest BCUT2D eigenvalue weighted by Crippen LogP contribution is 1.84. The molecule has 0 aromatic heterocycles. The van der Waals surface area contributed by atoms with E-state index < -0.39 is 12.2 Å². The lowest BCUT2D eigenvalue weighted by Gasteiger charge is -2.13. The highest BCUT2D eigenvalue weighted by atomic mass is 16.5. The smallest absolute Gasteiger partial charge is 0.0897 e. The molecule has 0 aromatic rings. The van der Waals surface area contributed by atoms with Gasteiger partial charge in [0.15, 0.2) is 0 Å². The van der Waals surface area contributed by atoms with Crippen LogP contribution < -0.4 is 5.32 Å². The van der Waals surface area contributed by atoms with E-state index in [0.717, 1.165) is 0 Å². The highest BCUT2D eigenvalue weighted by Gasteiger charge is 2.05. The van der Waals surface area contributed by atoms with Crippen LogP contribution in [0.15, 0.2) is 0 Å². The third kappa shape index (κ3) is 8.14. The van der Waals surface area contributed by atoms with E-state index in [1.807, 2.05) is 0 Å². The summed E-state index contributed by atoms with van der Waals surface area (Å²) in [7, 11) is 3.06. The van der Waals surface area contributed by atoms with Gasteiger partial charge in [0, 0.05) is 27.3 Å². The molecule has 0 saturated carbocycles. The maximum absolute atomic E-state index is 9.19. The van der Waals surface area contributed by atoms with Gasteiger partial charge in [-0.25, -0.2) is 0 Å². The van der Waals surface area contributed by atoms with Gasteiger partial charge < -0.3 is 25.0 Å². The lowest BCUT2D eigenvalue weighted by Crippen LogP contribution is -2.36. The Labute approximate surface area is 78.7 Å². The van der Waals surface area contributed by atoms with Gasteiger partial charge >= 0.3 is 0 Å². The SMILES string of the molecule is COC[C@H](O)CNC[C@@H](O)COC. The molecule has 13 heavy (non-hydrogen) atoms. The van der Waals surface area contributed by atoms with Gasteiger partial charge in [-0.15, -0.1) is 0 Å². The number of methoxy groups -OCH3 is 2. The molecule has 0 fully saturated rings. The van der Waals surface area contributed by atoms with E-state index in [4.69, 9.17) is 9.47 Å². The minimum absolute atomic E-state index is 0.299. The molecule has 0 aliphatic heterocycles. The van der Waals surface area contributed by atoms with Crippen LogP contribution in [0.3, 0.4) is 0 Å². The molecule has 80 valence electrons. The molecule has 2 atom stereocenters. The van der Waals surface area contributed by atoms with E-state index >= 15 is 0 Å². The fourth-order valence-electron chi connectivity index (χ4n) is 0.919. The van der Waals surface area contributed by atoms with E-state index in [1.54, 1.807) is 0 Å². The average Bonchev–Trinajstić information content (AvgIpc) is 2.05. The molecule has 0 bridgehead atoms. The fraction of sp³-hybridized carbons (Fsp3) is 1.00. The summed E-state index contributed by atoms with van der Waals surface area (Å²) in [6.07, 6.45) is -1.06. The summed E-state index contributed by atoms with van der Waals surface area (Å²) in [6.45, 7) is 1.42. The number of nitrogens with one attached hydrogen (secondary N) is 1. The average molecular weight is 193 g/mol. The van der Waals surface area contributed by atoms with Crippen molar-refractivity contribution in [3.8, 4) is 0 Å². The van der Waals surface area contributed by atoms with Crippen molar-refractivity contribution >= 4 is 0 Å². The highest BCUT2D eigenvalue weighted by molar-refractivity contribution is 4.62. The second kappa shape index (κ2) is 8.40. The molecule has 3 N–H and O–H groups in total. The molecule has 0 aromatic carbocycles. The Morgan fingerprint density at radius 1 is 1.00 bits per heavy atom. The number of hydrogen-bond acceptors (Lipinski definition) is 5. The predicted molar refractivity (Wildman–Crippen MR) is 48.6 cm³/mol. The molecular formula is C8H19NO4. The van der Waals surface area contributed by atoms with Gasteiger partial charge in [0.1, 0.15) is 0 Å². The second-order valence-electron chi connectivity index (χ2n) is 2.88. The van der Waals surface area contributed by atoms with Crippen LogP contribution in [0.2, 0.25) is 0 Å². The zero-order valence-corrected chi connectivity index (χ0v) is 8.19. The van der Waals surface area contributed by atoms with Gasteiger partial charge in [-0.3, -0.25) is 0 Å². The number of hydrogen-bond donors (Lipinski definition) is 3. The Morgan fingerprint density at radius 2 is 1.38 bits per heavy atom. The molecule has 0 spiro atoms. The zero-order chi connectivity index (χ0) is 10.1. The summed E-state index contributed by atoms with van der Waals surface area (Å²) in [5.41, 5.74) is 0. The summed E-state index contributed by atoms with van der Waals surface area (Å²) in [6, 6.07) is 0. The van der Waals surface area contributed by atoms with Crippen molar-refractivity contribution in [3.63, 3.8) is 0 Å². The number of ether oxygens (including phenoxy) is 2. The van der Waals surface area contributed by atoms with Crippen molar-refractivity contribution in [2.24, 2.45) is 0 Å². The molecule has 5 nitrogen and oxygen atoms in total. The first kappa shape index (κ1) is 12.8. The van der Waals surface area contributed by atoms with Gasteiger partial charge in [-0.05, 0) is 0 Å². The standard InChI is InChI=1S/C8H19NO4/c1-12-5-7(10)3-9-4-8(11)6-13-2/h7-11H,3-6H2,1-2H3/t7-,8-/m1/s1. The summed E-state index contributed by atoms with van der Waals surface area (Å²) >= 11 is 0. The quantitative estimate of drug-likeness (QED) is 0.442. The van der Waals surface area contributed by atoms with Crippen molar-refractivity contribution in [2.75, 3.05) is 40.5 Å². The third-order valence-corrected chi connectivity index (χ3v) is 1.48. The van der Waals surface area contributed by atoms with Crippen LogP contribution in [0.1, 0.15) is 0 Å². The molecule has 0 unspecified atom stereocenters. The van der Waals surface area contributed by atoms with E-state index in [-0.39, 0.29) is 0 Å². The minimum Gasteiger partial charge on any atom is -0.389 e. The zero-order valence-electron chi connectivity index (χ0n) is 8.19. The van der Waals surface area contributed by atoms with Gasteiger partial charge in [0.2, 0.25) is 0 Å². The van der Waals surface area contributed by atoms with Gasteiger partial charge in [-0.2, -0.15) is 0 Å². The van der Waals surface area contributed by atoms with Crippen LogP contribution in [-0.2, 0) is 9.47 Å². The third-order valence-electron chi connectivity index (χ3n) is 1.48. The number of rotatable bonds is 8. The number of aliphatic hydroxyl groups excluding tert-OH is 2. The molecular weight excluding hydrogens is 174 g/mol. The Bertz CT molecular complexity index is 100. The van der Waals surface area contributed by atoms with Crippen LogP contribution >= 0.6 is 0 Å². The van der Waals surface area contributed by atoms with Crippen LogP contribution in [0, 0.1) is 0 Å². The molecule has 0 heterocycles. The van der Waals surface area contributed by atoms with Crippen molar-refractivity contribution in [1.29, 1.82) is 0 Å². The first-order chi connectivity index (χ1) is 6.20. The first-order valence-electron chi connectivity index (χ1n) is 4.25. The monoisotopic (exact) mass is 193 g/mol. The van der Waals surface area contributed by atoms with Crippen molar-refractivity contribution in [1.82, 2.24) is 5.32 Å². The van der Waals surface area contributed by atoms with Gasteiger partial charge in [-0.1, -0.05) is 0 Å². The molecule has 0 radical (unpaired) electrons. The van der Waals surface area contributed by atoms with E-state index in [9.17, 15) is 10.2 Å². The summed E-state index contributed by atoms with van der Waals surface area (Å²) < 4.78 is 9.46. The molecule has 0 saturated heterocycles. The number of aliphatic hydroxyl groups is 2. The molecule has 0 aliphatic carbocycles.